The fourth-order valence-electron chi connectivity index (χ4n) is 4.18. The summed E-state index contributed by atoms with van der Waals surface area (Å²) >= 11 is 0. The number of nitro benzene ring substituents is 1. The smallest absolute Gasteiger partial charge is 0.292 e. The monoisotopic (exact) mass is 334 g/mol. The first kappa shape index (κ1) is 15.9. The molecule has 0 spiro atoms. The van der Waals surface area contributed by atoms with E-state index < -0.39 is 0 Å². The van der Waals surface area contributed by atoms with Gasteiger partial charge in [-0.1, -0.05) is 62.4 Å². The molecule has 1 aliphatic heterocycles. The third-order valence-corrected chi connectivity index (χ3v) is 5.53. The Morgan fingerprint density at radius 2 is 1.92 bits per heavy atom. The van der Waals surface area contributed by atoms with Gasteiger partial charge >= 0.3 is 0 Å². The van der Waals surface area contributed by atoms with Crippen LogP contribution in [-0.4, -0.2) is 4.92 Å². The summed E-state index contributed by atoms with van der Waals surface area (Å²) in [5.41, 5.74) is 4.40. The summed E-state index contributed by atoms with van der Waals surface area (Å²) in [5.74, 6) is 1.14. The molecular formula is C21H22N2O2. The highest BCUT2D eigenvalue weighted by atomic mass is 16.6. The number of allylic oxidation sites excluding steroid dienone is 2. The average molecular weight is 334 g/mol. The molecule has 4 rings (SSSR count). The number of anilines is 1. The van der Waals surface area contributed by atoms with E-state index in [-0.39, 0.29) is 22.6 Å². The molecular weight excluding hydrogens is 312 g/mol. The van der Waals surface area contributed by atoms with E-state index in [0.29, 0.717) is 17.5 Å². The summed E-state index contributed by atoms with van der Waals surface area (Å²) < 4.78 is 0. The zero-order chi connectivity index (χ0) is 17.6. The second-order valence-electron chi connectivity index (χ2n) is 7.30. The van der Waals surface area contributed by atoms with Crippen LogP contribution in [0.5, 0.6) is 0 Å². The quantitative estimate of drug-likeness (QED) is 0.455. The van der Waals surface area contributed by atoms with E-state index in [0.717, 1.165) is 12.0 Å². The molecule has 1 N–H and O–H groups in total. The van der Waals surface area contributed by atoms with Crippen molar-refractivity contribution in [3.63, 3.8) is 0 Å². The SMILES string of the molecule is CC(C)c1ccc([C@@H]2Nc3c(cccc3[N+](=O)[O-])[C@H]3C=CC[C@H]32)cc1. The zero-order valence-electron chi connectivity index (χ0n) is 14.5. The first-order valence-electron chi connectivity index (χ1n) is 8.86. The minimum atomic E-state index is -0.288. The lowest BCUT2D eigenvalue weighted by Crippen LogP contribution is -2.29. The Morgan fingerprint density at radius 3 is 2.60 bits per heavy atom. The largest absolute Gasteiger partial charge is 0.372 e. The van der Waals surface area contributed by atoms with Gasteiger partial charge in [-0.15, -0.1) is 0 Å². The van der Waals surface area contributed by atoms with E-state index in [2.05, 4.69) is 55.6 Å². The molecule has 1 heterocycles. The molecule has 0 aromatic heterocycles. The highest BCUT2D eigenvalue weighted by molar-refractivity contribution is 5.71. The Bertz CT molecular complexity index is 839. The fraction of sp³-hybridized carbons (Fsp3) is 0.333. The standard InChI is InChI=1S/C21H22N2O2/c1-13(2)14-9-11-15(12-10-14)20-17-6-3-5-16(17)18-7-4-8-19(23(24)25)21(18)22-20/h3-5,7-13,16-17,20,22H,6H2,1-2H3/t16-,17+,20-/m0/s1. The van der Waals surface area contributed by atoms with Crippen LogP contribution in [0.2, 0.25) is 0 Å². The van der Waals surface area contributed by atoms with Crippen molar-refractivity contribution in [1.29, 1.82) is 0 Å². The minimum absolute atomic E-state index is 0.0924. The predicted molar refractivity (Wildman–Crippen MR) is 100.0 cm³/mol. The maximum Gasteiger partial charge on any atom is 0.292 e. The number of hydrogen-bond acceptors (Lipinski definition) is 3. The first-order valence-corrected chi connectivity index (χ1v) is 8.86. The molecule has 4 heteroatoms. The molecule has 128 valence electrons. The lowest BCUT2D eigenvalue weighted by atomic mass is 9.76. The van der Waals surface area contributed by atoms with Gasteiger partial charge in [0.15, 0.2) is 0 Å². The maximum atomic E-state index is 11.5. The molecule has 2 aliphatic rings. The summed E-state index contributed by atoms with van der Waals surface area (Å²) in [7, 11) is 0. The Balaban J connectivity index is 1.77. The Kier molecular flexibility index (Phi) is 3.83. The van der Waals surface area contributed by atoms with Crippen LogP contribution in [-0.2, 0) is 0 Å². The third-order valence-electron chi connectivity index (χ3n) is 5.53. The molecule has 0 unspecified atom stereocenters. The van der Waals surface area contributed by atoms with Crippen LogP contribution in [0.15, 0.2) is 54.6 Å². The summed E-state index contributed by atoms with van der Waals surface area (Å²) in [6.07, 6.45) is 5.42. The summed E-state index contributed by atoms with van der Waals surface area (Å²) in [5, 5.41) is 15.0. The highest BCUT2D eigenvalue weighted by Crippen LogP contribution is 2.51. The van der Waals surface area contributed by atoms with Crippen LogP contribution in [0, 0.1) is 16.0 Å². The Labute approximate surface area is 147 Å². The van der Waals surface area contributed by atoms with Crippen molar-refractivity contribution in [2.24, 2.45) is 5.92 Å². The second-order valence-corrected chi connectivity index (χ2v) is 7.30. The van der Waals surface area contributed by atoms with Crippen molar-refractivity contribution in [3.05, 3.63) is 81.4 Å². The normalized spacial score (nSPS) is 23.9. The van der Waals surface area contributed by atoms with Crippen molar-refractivity contribution in [1.82, 2.24) is 0 Å². The van der Waals surface area contributed by atoms with E-state index in [4.69, 9.17) is 0 Å². The molecule has 3 atom stereocenters. The fourth-order valence-corrected chi connectivity index (χ4v) is 4.18. The molecule has 0 fully saturated rings. The van der Waals surface area contributed by atoms with Crippen LogP contribution in [0.1, 0.15) is 54.8 Å². The Morgan fingerprint density at radius 1 is 1.16 bits per heavy atom. The van der Waals surface area contributed by atoms with Gasteiger partial charge in [0, 0.05) is 12.0 Å². The molecule has 0 amide bonds. The topological polar surface area (TPSA) is 55.2 Å². The predicted octanol–water partition coefficient (Wildman–Crippen LogP) is 5.54. The van der Waals surface area contributed by atoms with Gasteiger partial charge in [-0.3, -0.25) is 10.1 Å². The van der Waals surface area contributed by atoms with Gasteiger partial charge in [0.25, 0.3) is 5.69 Å². The number of nitro groups is 1. The van der Waals surface area contributed by atoms with E-state index in [1.54, 1.807) is 12.1 Å². The summed E-state index contributed by atoms with van der Waals surface area (Å²) in [6.45, 7) is 4.37. The van der Waals surface area contributed by atoms with Crippen molar-refractivity contribution in [3.8, 4) is 0 Å². The lowest BCUT2D eigenvalue weighted by Gasteiger charge is -2.37. The molecule has 0 saturated heterocycles. The van der Waals surface area contributed by atoms with Crippen LogP contribution in [0.25, 0.3) is 0 Å². The van der Waals surface area contributed by atoms with Crippen LogP contribution in [0.3, 0.4) is 0 Å². The molecule has 2 aromatic carbocycles. The van der Waals surface area contributed by atoms with Gasteiger partial charge in [-0.2, -0.15) is 0 Å². The van der Waals surface area contributed by atoms with Gasteiger partial charge in [0.1, 0.15) is 5.69 Å². The Hall–Kier alpha value is -2.62. The number of nitrogens with one attached hydrogen (secondary N) is 1. The van der Waals surface area contributed by atoms with E-state index >= 15 is 0 Å². The minimum Gasteiger partial charge on any atom is -0.372 e. The maximum absolute atomic E-state index is 11.5. The number of hydrogen-bond donors (Lipinski definition) is 1. The second kappa shape index (κ2) is 6.03. The number of rotatable bonds is 3. The van der Waals surface area contributed by atoms with Gasteiger partial charge in [-0.05, 0) is 34.9 Å². The first-order chi connectivity index (χ1) is 12.1. The van der Waals surface area contributed by atoms with Crippen LogP contribution >= 0.6 is 0 Å². The number of benzene rings is 2. The lowest BCUT2D eigenvalue weighted by molar-refractivity contribution is -0.384. The number of fused-ring (bicyclic) bond motifs is 3. The van der Waals surface area contributed by atoms with E-state index in [9.17, 15) is 10.1 Å². The summed E-state index contributed by atoms with van der Waals surface area (Å²) in [6, 6.07) is 14.2. The molecule has 0 bridgehead atoms. The molecule has 25 heavy (non-hydrogen) atoms. The van der Waals surface area contributed by atoms with Crippen LogP contribution < -0.4 is 5.32 Å². The zero-order valence-corrected chi connectivity index (χ0v) is 14.5. The highest BCUT2D eigenvalue weighted by Gasteiger charge is 2.40. The van der Waals surface area contributed by atoms with Crippen molar-refractivity contribution in [2.75, 3.05) is 5.32 Å². The average Bonchev–Trinajstić information content (AvgIpc) is 3.10. The van der Waals surface area contributed by atoms with E-state index in [1.807, 2.05) is 6.07 Å². The molecule has 0 saturated carbocycles. The molecule has 1 aliphatic carbocycles. The number of nitrogens with zero attached hydrogens (tertiary/aromatic N) is 1. The third kappa shape index (κ3) is 2.62. The van der Waals surface area contributed by atoms with Gasteiger partial charge < -0.3 is 5.32 Å². The van der Waals surface area contributed by atoms with Crippen molar-refractivity contribution >= 4 is 11.4 Å². The van der Waals surface area contributed by atoms with Gasteiger partial charge in [0.05, 0.1) is 11.0 Å². The van der Waals surface area contributed by atoms with Gasteiger partial charge in [-0.25, -0.2) is 0 Å². The summed E-state index contributed by atoms with van der Waals surface area (Å²) in [4.78, 5) is 11.2. The van der Waals surface area contributed by atoms with Crippen molar-refractivity contribution in [2.45, 2.75) is 38.1 Å². The van der Waals surface area contributed by atoms with Crippen LogP contribution in [0.4, 0.5) is 11.4 Å². The van der Waals surface area contributed by atoms with E-state index in [1.165, 1.54) is 11.1 Å². The number of para-hydroxylation sites is 1. The molecule has 2 aromatic rings. The molecule has 4 nitrogen and oxygen atoms in total. The molecule has 0 radical (unpaired) electrons. The van der Waals surface area contributed by atoms with Crippen molar-refractivity contribution < 1.29 is 4.92 Å². The van der Waals surface area contributed by atoms with Gasteiger partial charge in [0.2, 0.25) is 0 Å².